The lowest BCUT2D eigenvalue weighted by Gasteiger charge is -2.10. The summed E-state index contributed by atoms with van der Waals surface area (Å²) in [6, 6.07) is 27.0. The number of carbonyl (C=O) groups excluding carboxylic acids is 1. The molecule has 4 aromatic rings. The molecule has 6 heteroatoms. The molecule has 0 spiro atoms. The van der Waals surface area contributed by atoms with E-state index in [9.17, 15) is 4.79 Å². The van der Waals surface area contributed by atoms with Gasteiger partial charge in [0.2, 0.25) is 0 Å². The van der Waals surface area contributed by atoms with Gasteiger partial charge in [-0.1, -0.05) is 54.6 Å². The molecule has 0 fully saturated rings. The van der Waals surface area contributed by atoms with Gasteiger partial charge in [-0.05, 0) is 59.2 Å². The number of methoxy groups -OCH3 is 1. The normalized spacial score (nSPS) is 10.9. The molecule has 0 heterocycles. The number of benzene rings is 4. The molecule has 0 aliphatic carbocycles. The molecule has 1 amide bonds. The third-order valence-electron chi connectivity index (χ3n) is 5.24. The Labute approximate surface area is 198 Å². The second-order valence-electron chi connectivity index (χ2n) is 7.50. The number of ether oxygens (including phenoxy) is 3. The zero-order chi connectivity index (χ0) is 23.8. The van der Waals surface area contributed by atoms with Crippen molar-refractivity contribution in [1.82, 2.24) is 5.43 Å². The van der Waals surface area contributed by atoms with Crippen molar-refractivity contribution < 1.29 is 19.0 Å². The maximum atomic E-state index is 12.5. The molecule has 1 N–H and O–H groups in total. The number of hydrazone groups is 1. The minimum Gasteiger partial charge on any atom is -0.493 e. The van der Waals surface area contributed by atoms with Crippen molar-refractivity contribution in [2.24, 2.45) is 5.10 Å². The zero-order valence-corrected chi connectivity index (χ0v) is 19.2. The molecule has 4 aromatic carbocycles. The maximum absolute atomic E-state index is 12.5. The Hall–Kier alpha value is -4.32. The Morgan fingerprint density at radius 3 is 2.59 bits per heavy atom. The lowest BCUT2D eigenvalue weighted by molar-refractivity contribution is 0.0954. The van der Waals surface area contributed by atoms with E-state index in [-0.39, 0.29) is 5.91 Å². The van der Waals surface area contributed by atoms with Gasteiger partial charge in [0.25, 0.3) is 5.91 Å². The van der Waals surface area contributed by atoms with Crippen LogP contribution in [0.2, 0.25) is 0 Å². The third-order valence-corrected chi connectivity index (χ3v) is 5.24. The molecule has 0 bridgehead atoms. The number of hydrogen-bond donors (Lipinski definition) is 1. The molecule has 0 atom stereocenters. The predicted molar refractivity (Wildman–Crippen MR) is 134 cm³/mol. The van der Waals surface area contributed by atoms with Crippen LogP contribution in [-0.4, -0.2) is 25.8 Å². The summed E-state index contributed by atoms with van der Waals surface area (Å²) in [5.74, 6) is 1.46. The minimum absolute atomic E-state index is 0.346. The molecule has 0 radical (unpaired) electrons. The first kappa shape index (κ1) is 22.9. The van der Waals surface area contributed by atoms with E-state index in [1.165, 1.54) is 17.9 Å². The van der Waals surface area contributed by atoms with Crippen molar-refractivity contribution in [3.63, 3.8) is 0 Å². The van der Waals surface area contributed by atoms with E-state index in [1.807, 2.05) is 49.4 Å². The first-order valence-electron chi connectivity index (χ1n) is 11.0. The van der Waals surface area contributed by atoms with Crippen LogP contribution in [0.4, 0.5) is 0 Å². The van der Waals surface area contributed by atoms with E-state index in [4.69, 9.17) is 14.2 Å². The van der Waals surface area contributed by atoms with Crippen molar-refractivity contribution in [3.8, 4) is 17.2 Å². The summed E-state index contributed by atoms with van der Waals surface area (Å²) in [7, 11) is 1.53. The van der Waals surface area contributed by atoms with Crippen LogP contribution in [0.25, 0.3) is 10.8 Å². The fraction of sp³-hybridized carbons (Fsp3) is 0.143. The largest absolute Gasteiger partial charge is 0.493 e. The minimum atomic E-state index is -0.346. The Balaban J connectivity index is 1.38. The summed E-state index contributed by atoms with van der Waals surface area (Å²) in [5.41, 5.74) is 4.89. The monoisotopic (exact) mass is 454 g/mol. The molecular formula is C28H26N2O4. The molecular weight excluding hydrogens is 428 g/mol. The number of carbonyl (C=O) groups is 1. The third kappa shape index (κ3) is 5.53. The highest BCUT2D eigenvalue weighted by Crippen LogP contribution is 2.28. The molecule has 34 heavy (non-hydrogen) atoms. The standard InChI is InChI=1S/C28H26N2O4/c1-3-33-26-15-14-22(17-27(26)32-2)28(31)30-29-18-20-8-6-12-24(16-20)34-19-23-11-7-10-21-9-4-5-13-25(21)23/h4-18H,3,19H2,1-2H3,(H,30,31)/b29-18+. The van der Waals surface area contributed by atoms with Crippen LogP contribution >= 0.6 is 0 Å². The van der Waals surface area contributed by atoms with E-state index in [0.717, 1.165) is 16.9 Å². The fourth-order valence-corrected chi connectivity index (χ4v) is 3.58. The topological polar surface area (TPSA) is 69.2 Å². The van der Waals surface area contributed by atoms with E-state index >= 15 is 0 Å². The number of rotatable bonds is 9. The summed E-state index contributed by atoms with van der Waals surface area (Å²) in [4.78, 5) is 12.5. The number of fused-ring (bicyclic) bond motifs is 1. The Kier molecular flexibility index (Phi) is 7.40. The van der Waals surface area contributed by atoms with Crippen LogP contribution in [0, 0.1) is 0 Å². The van der Waals surface area contributed by atoms with Crippen LogP contribution in [0.1, 0.15) is 28.4 Å². The van der Waals surface area contributed by atoms with Gasteiger partial charge in [0.15, 0.2) is 11.5 Å². The van der Waals surface area contributed by atoms with Crippen molar-refractivity contribution in [2.45, 2.75) is 13.5 Å². The van der Waals surface area contributed by atoms with Crippen LogP contribution in [-0.2, 0) is 6.61 Å². The summed E-state index contributed by atoms with van der Waals surface area (Å²) in [5, 5.41) is 6.44. The lowest BCUT2D eigenvalue weighted by Crippen LogP contribution is -2.17. The average Bonchev–Trinajstić information content (AvgIpc) is 2.88. The predicted octanol–water partition coefficient (Wildman–Crippen LogP) is 5.59. The number of nitrogens with one attached hydrogen (secondary N) is 1. The van der Waals surface area contributed by atoms with Crippen molar-refractivity contribution >= 4 is 22.9 Å². The van der Waals surface area contributed by atoms with Crippen LogP contribution < -0.4 is 19.6 Å². The van der Waals surface area contributed by atoms with Gasteiger partial charge in [0.1, 0.15) is 12.4 Å². The summed E-state index contributed by atoms with van der Waals surface area (Å²) >= 11 is 0. The molecule has 0 saturated carbocycles. The number of hydrogen-bond acceptors (Lipinski definition) is 5. The van der Waals surface area contributed by atoms with Crippen molar-refractivity contribution in [2.75, 3.05) is 13.7 Å². The fourth-order valence-electron chi connectivity index (χ4n) is 3.58. The summed E-state index contributed by atoms with van der Waals surface area (Å²) < 4.78 is 16.8. The van der Waals surface area contributed by atoms with Crippen LogP contribution in [0.3, 0.4) is 0 Å². The first-order valence-corrected chi connectivity index (χ1v) is 11.0. The zero-order valence-electron chi connectivity index (χ0n) is 19.2. The Morgan fingerprint density at radius 1 is 0.912 bits per heavy atom. The smallest absolute Gasteiger partial charge is 0.271 e. The first-order chi connectivity index (χ1) is 16.7. The van der Waals surface area contributed by atoms with Gasteiger partial charge in [0.05, 0.1) is 19.9 Å². The van der Waals surface area contributed by atoms with Gasteiger partial charge in [0, 0.05) is 5.56 Å². The highest BCUT2D eigenvalue weighted by atomic mass is 16.5. The van der Waals surface area contributed by atoms with Gasteiger partial charge >= 0.3 is 0 Å². The summed E-state index contributed by atoms with van der Waals surface area (Å²) in [6.45, 7) is 2.85. The lowest BCUT2D eigenvalue weighted by atomic mass is 10.1. The molecule has 4 rings (SSSR count). The Bertz CT molecular complexity index is 1310. The molecule has 6 nitrogen and oxygen atoms in total. The van der Waals surface area contributed by atoms with E-state index in [1.54, 1.807) is 24.4 Å². The van der Waals surface area contributed by atoms with E-state index in [2.05, 4.69) is 34.8 Å². The van der Waals surface area contributed by atoms with E-state index < -0.39 is 0 Å². The number of amides is 1. The molecule has 0 saturated heterocycles. The second-order valence-corrected chi connectivity index (χ2v) is 7.50. The van der Waals surface area contributed by atoms with Gasteiger partial charge in [-0.3, -0.25) is 4.79 Å². The van der Waals surface area contributed by atoms with Crippen LogP contribution in [0.5, 0.6) is 17.2 Å². The van der Waals surface area contributed by atoms with Gasteiger partial charge in [-0.25, -0.2) is 5.43 Å². The Morgan fingerprint density at radius 2 is 1.74 bits per heavy atom. The average molecular weight is 455 g/mol. The van der Waals surface area contributed by atoms with Crippen molar-refractivity contribution in [1.29, 1.82) is 0 Å². The molecule has 0 aromatic heterocycles. The highest BCUT2D eigenvalue weighted by Gasteiger charge is 2.10. The number of nitrogens with zero attached hydrogens (tertiary/aromatic N) is 1. The molecule has 0 aliphatic heterocycles. The SMILES string of the molecule is CCOc1ccc(C(=O)N/N=C/c2cccc(OCc3cccc4ccccc34)c2)cc1OC. The van der Waals surface area contributed by atoms with Crippen LogP contribution in [0.15, 0.2) is 90.0 Å². The quantitative estimate of drug-likeness (QED) is 0.264. The highest BCUT2D eigenvalue weighted by molar-refractivity contribution is 5.95. The molecule has 172 valence electrons. The van der Waals surface area contributed by atoms with Gasteiger partial charge < -0.3 is 14.2 Å². The van der Waals surface area contributed by atoms with Crippen molar-refractivity contribution in [3.05, 3.63) is 102 Å². The maximum Gasteiger partial charge on any atom is 0.271 e. The van der Waals surface area contributed by atoms with Gasteiger partial charge in [-0.15, -0.1) is 0 Å². The molecule has 0 aliphatic rings. The summed E-state index contributed by atoms with van der Waals surface area (Å²) in [6.07, 6.45) is 1.58. The second kappa shape index (κ2) is 11.0. The molecule has 0 unspecified atom stereocenters. The van der Waals surface area contributed by atoms with Gasteiger partial charge in [-0.2, -0.15) is 5.10 Å². The van der Waals surface area contributed by atoms with E-state index in [0.29, 0.717) is 30.3 Å².